The molecule has 0 aliphatic heterocycles. The van der Waals surface area contributed by atoms with Gasteiger partial charge in [0, 0.05) is 6.54 Å². The first-order valence-electron chi connectivity index (χ1n) is 7.52. The molecule has 0 amide bonds. The Kier molecular flexibility index (Phi) is 4.00. The third-order valence-corrected chi connectivity index (χ3v) is 4.02. The minimum atomic E-state index is -0.809. The van der Waals surface area contributed by atoms with Gasteiger partial charge in [-0.1, -0.05) is 24.3 Å². The number of imidazole rings is 1. The van der Waals surface area contributed by atoms with Gasteiger partial charge in [0.25, 0.3) is 0 Å². The van der Waals surface area contributed by atoms with Crippen LogP contribution < -0.4 is 5.69 Å². The first-order chi connectivity index (χ1) is 11.2. The molecule has 1 aromatic heterocycles. The Morgan fingerprint density at radius 1 is 1.09 bits per heavy atom. The number of benzene rings is 2. The molecule has 5 heteroatoms. The molecule has 0 aliphatic rings. The quantitative estimate of drug-likeness (QED) is 0.804. The zero-order valence-corrected chi connectivity index (χ0v) is 12.8. The third kappa shape index (κ3) is 2.65. The molecule has 3 rings (SSSR count). The summed E-state index contributed by atoms with van der Waals surface area (Å²) >= 11 is 0. The number of aliphatic hydroxyl groups is 1. The average Bonchev–Trinajstić information content (AvgIpc) is 2.86. The van der Waals surface area contributed by atoms with Crippen LogP contribution in [0, 0.1) is 11.3 Å². The molecule has 1 heterocycles. The molecule has 0 aliphatic carbocycles. The highest BCUT2D eigenvalue weighted by Gasteiger charge is 2.16. The smallest absolute Gasteiger partial charge is 0.329 e. The van der Waals surface area contributed by atoms with Crippen LogP contribution in [0.2, 0.25) is 0 Å². The molecule has 23 heavy (non-hydrogen) atoms. The van der Waals surface area contributed by atoms with Gasteiger partial charge in [-0.2, -0.15) is 5.26 Å². The minimum absolute atomic E-state index is 0.124. The molecule has 0 spiro atoms. The average molecular weight is 307 g/mol. The Morgan fingerprint density at radius 3 is 2.26 bits per heavy atom. The highest BCUT2D eigenvalue weighted by atomic mass is 16.3. The molecule has 116 valence electrons. The summed E-state index contributed by atoms with van der Waals surface area (Å²) in [4.78, 5) is 12.6. The lowest BCUT2D eigenvalue weighted by atomic mass is 10.1. The molecule has 3 aromatic rings. The molecular weight excluding hydrogens is 290 g/mol. The third-order valence-electron chi connectivity index (χ3n) is 4.02. The molecule has 0 saturated heterocycles. The molecular formula is C18H17N3O2. The number of hydrogen-bond donors (Lipinski definition) is 1. The van der Waals surface area contributed by atoms with Crippen LogP contribution in [0.25, 0.3) is 11.0 Å². The molecule has 1 N–H and O–H groups in total. The van der Waals surface area contributed by atoms with E-state index in [0.717, 1.165) is 11.0 Å². The maximum Gasteiger partial charge on any atom is 0.329 e. The van der Waals surface area contributed by atoms with Crippen molar-refractivity contribution in [3.8, 4) is 6.07 Å². The van der Waals surface area contributed by atoms with Crippen molar-refractivity contribution < 1.29 is 5.11 Å². The molecule has 0 fully saturated rings. The fourth-order valence-corrected chi connectivity index (χ4v) is 2.81. The molecule has 0 bridgehead atoms. The van der Waals surface area contributed by atoms with E-state index in [0.29, 0.717) is 17.7 Å². The van der Waals surface area contributed by atoms with Crippen LogP contribution in [0.4, 0.5) is 0 Å². The summed E-state index contributed by atoms with van der Waals surface area (Å²) in [5, 5.41) is 19.3. The van der Waals surface area contributed by atoms with Gasteiger partial charge in [-0.15, -0.1) is 0 Å². The van der Waals surface area contributed by atoms with Gasteiger partial charge < -0.3 is 5.11 Å². The number of fused-ring (bicyclic) bond motifs is 1. The second-order valence-electron chi connectivity index (χ2n) is 5.38. The highest BCUT2D eigenvalue weighted by molar-refractivity contribution is 5.76. The van der Waals surface area contributed by atoms with Crippen LogP contribution in [0.3, 0.4) is 0 Å². The summed E-state index contributed by atoms with van der Waals surface area (Å²) < 4.78 is 3.29. The molecule has 1 atom stereocenters. The maximum absolute atomic E-state index is 12.6. The van der Waals surface area contributed by atoms with E-state index in [9.17, 15) is 9.90 Å². The van der Waals surface area contributed by atoms with Crippen molar-refractivity contribution in [2.75, 3.05) is 0 Å². The summed E-state index contributed by atoms with van der Waals surface area (Å²) in [6.45, 7) is 2.69. The van der Waals surface area contributed by atoms with E-state index in [-0.39, 0.29) is 12.2 Å². The largest absolute Gasteiger partial charge is 0.387 e. The monoisotopic (exact) mass is 307 g/mol. The van der Waals surface area contributed by atoms with Gasteiger partial charge >= 0.3 is 5.69 Å². The Hall–Kier alpha value is -2.84. The molecule has 5 nitrogen and oxygen atoms in total. The van der Waals surface area contributed by atoms with Gasteiger partial charge in [0.15, 0.2) is 0 Å². The fourth-order valence-electron chi connectivity index (χ4n) is 2.81. The second kappa shape index (κ2) is 6.11. The van der Waals surface area contributed by atoms with Crippen molar-refractivity contribution in [2.45, 2.75) is 26.1 Å². The van der Waals surface area contributed by atoms with E-state index in [1.54, 1.807) is 33.4 Å². The Bertz CT molecular complexity index is 930. The Labute approximate surface area is 133 Å². The normalized spacial score (nSPS) is 12.2. The highest BCUT2D eigenvalue weighted by Crippen LogP contribution is 2.19. The Balaban J connectivity index is 1.99. The first-order valence-corrected chi connectivity index (χ1v) is 7.52. The number of para-hydroxylation sites is 2. The van der Waals surface area contributed by atoms with Crippen LogP contribution in [-0.2, 0) is 13.1 Å². The molecule has 2 aromatic carbocycles. The van der Waals surface area contributed by atoms with E-state index >= 15 is 0 Å². The Morgan fingerprint density at radius 2 is 1.70 bits per heavy atom. The second-order valence-corrected chi connectivity index (χ2v) is 5.38. The summed E-state index contributed by atoms with van der Waals surface area (Å²) in [7, 11) is 0. The number of nitriles is 1. The molecule has 1 unspecified atom stereocenters. The summed E-state index contributed by atoms with van der Waals surface area (Å²) in [6.07, 6.45) is -0.809. The number of aromatic nitrogens is 2. The van der Waals surface area contributed by atoms with Crippen LogP contribution in [0.1, 0.15) is 24.2 Å². The van der Waals surface area contributed by atoms with Crippen molar-refractivity contribution in [1.29, 1.82) is 5.26 Å². The van der Waals surface area contributed by atoms with Gasteiger partial charge in [-0.3, -0.25) is 9.13 Å². The van der Waals surface area contributed by atoms with Gasteiger partial charge in [-0.05, 0) is 36.8 Å². The topological polar surface area (TPSA) is 70.9 Å². The van der Waals surface area contributed by atoms with E-state index in [1.807, 2.05) is 37.3 Å². The zero-order valence-electron chi connectivity index (χ0n) is 12.8. The van der Waals surface area contributed by atoms with Crippen molar-refractivity contribution >= 4 is 11.0 Å². The van der Waals surface area contributed by atoms with Gasteiger partial charge in [0.1, 0.15) is 0 Å². The van der Waals surface area contributed by atoms with E-state index in [1.165, 1.54) is 0 Å². The number of rotatable bonds is 4. The summed E-state index contributed by atoms with van der Waals surface area (Å²) in [5.74, 6) is 0. The van der Waals surface area contributed by atoms with Crippen LogP contribution in [0.5, 0.6) is 0 Å². The van der Waals surface area contributed by atoms with Crippen LogP contribution >= 0.6 is 0 Å². The minimum Gasteiger partial charge on any atom is -0.387 e. The molecule has 0 radical (unpaired) electrons. The predicted octanol–water partition coefficient (Wildman–Crippen LogP) is 2.43. The molecule has 0 saturated carbocycles. The lowest BCUT2D eigenvalue weighted by Crippen LogP contribution is -2.26. The van der Waals surface area contributed by atoms with Gasteiger partial charge in [0.05, 0.1) is 35.3 Å². The van der Waals surface area contributed by atoms with Crippen molar-refractivity contribution in [1.82, 2.24) is 9.13 Å². The fraction of sp³-hybridized carbons (Fsp3) is 0.222. The number of nitrogens with zero attached hydrogens (tertiary/aromatic N) is 3. The summed E-state index contributed by atoms with van der Waals surface area (Å²) in [5.41, 5.74) is 2.78. The number of aryl methyl sites for hydroxylation is 1. The van der Waals surface area contributed by atoms with Gasteiger partial charge in [-0.25, -0.2) is 4.79 Å². The number of aliphatic hydroxyl groups excluding tert-OH is 1. The van der Waals surface area contributed by atoms with Crippen LogP contribution in [0.15, 0.2) is 53.3 Å². The zero-order chi connectivity index (χ0) is 16.4. The van der Waals surface area contributed by atoms with Crippen LogP contribution in [-0.4, -0.2) is 14.2 Å². The van der Waals surface area contributed by atoms with Gasteiger partial charge in [0.2, 0.25) is 0 Å². The van der Waals surface area contributed by atoms with E-state index < -0.39 is 6.10 Å². The predicted molar refractivity (Wildman–Crippen MR) is 88.0 cm³/mol. The maximum atomic E-state index is 12.6. The lowest BCUT2D eigenvalue weighted by Gasteiger charge is -2.12. The SMILES string of the molecule is CCn1c(=O)n(CC(O)c2ccc(C#N)cc2)c2ccccc21. The van der Waals surface area contributed by atoms with E-state index in [4.69, 9.17) is 5.26 Å². The first kappa shape index (κ1) is 15.1. The van der Waals surface area contributed by atoms with Crippen molar-refractivity contribution in [3.63, 3.8) is 0 Å². The van der Waals surface area contributed by atoms with E-state index in [2.05, 4.69) is 0 Å². The van der Waals surface area contributed by atoms with Crippen molar-refractivity contribution in [2.24, 2.45) is 0 Å². The standard InChI is InChI=1S/C18H17N3O2/c1-2-20-15-5-3-4-6-16(15)21(18(20)23)12-17(22)14-9-7-13(11-19)8-10-14/h3-10,17,22H,2,12H2,1H3. The summed E-state index contributed by atoms with van der Waals surface area (Å²) in [6, 6.07) is 16.4. The van der Waals surface area contributed by atoms with Crippen molar-refractivity contribution in [3.05, 3.63) is 70.1 Å². The number of hydrogen-bond acceptors (Lipinski definition) is 3. The lowest BCUT2D eigenvalue weighted by molar-refractivity contribution is 0.156.